The number of oxazole rings is 1. The Morgan fingerprint density at radius 2 is 1.94 bits per heavy atom. The van der Waals surface area contributed by atoms with Crippen molar-refractivity contribution in [3.8, 4) is 11.5 Å². The van der Waals surface area contributed by atoms with E-state index in [1.54, 1.807) is 6.20 Å². The van der Waals surface area contributed by atoms with E-state index < -0.39 is 0 Å². The van der Waals surface area contributed by atoms with E-state index in [4.69, 9.17) is 4.42 Å². The third-order valence-corrected chi connectivity index (χ3v) is 2.92. The number of hydrogen-bond donors (Lipinski definition) is 0. The van der Waals surface area contributed by atoms with Crippen LogP contribution in [0.4, 0.5) is 0 Å². The van der Waals surface area contributed by atoms with E-state index in [-0.39, 0.29) is 0 Å². The first-order chi connectivity index (χ1) is 8.24. The van der Waals surface area contributed by atoms with E-state index in [2.05, 4.69) is 35.9 Å². The van der Waals surface area contributed by atoms with Gasteiger partial charge in [0.15, 0.2) is 11.2 Å². The number of benzene rings is 1. The van der Waals surface area contributed by atoms with Crippen LogP contribution >= 0.6 is 0 Å². The second-order valence-corrected chi connectivity index (χ2v) is 4.14. The van der Waals surface area contributed by atoms with E-state index in [0.29, 0.717) is 11.5 Å². The van der Waals surface area contributed by atoms with Crippen LogP contribution in [0.3, 0.4) is 0 Å². The summed E-state index contributed by atoms with van der Waals surface area (Å²) < 4.78 is 5.68. The second kappa shape index (κ2) is 3.70. The molecule has 0 aliphatic heterocycles. The zero-order valence-corrected chi connectivity index (χ0v) is 9.77. The van der Waals surface area contributed by atoms with Crippen LogP contribution in [-0.2, 0) is 0 Å². The van der Waals surface area contributed by atoms with Gasteiger partial charge in [-0.15, -0.1) is 0 Å². The van der Waals surface area contributed by atoms with Gasteiger partial charge in [0.05, 0.1) is 0 Å². The average molecular weight is 224 g/mol. The number of hydrogen-bond acceptors (Lipinski definition) is 3. The van der Waals surface area contributed by atoms with Crippen molar-refractivity contribution in [3.05, 3.63) is 47.7 Å². The number of rotatable bonds is 1. The Balaban J connectivity index is 2.17. The predicted molar refractivity (Wildman–Crippen MR) is 66.7 cm³/mol. The molecule has 3 heteroatoms. The minimum atomic E-state index is 0.627. The minimum absolute atomic E-state index is 0.627. The first-order valence-electron chi connectivity index (χ1n) is 5.53. The van der Waals surface area contributed by atoms with E-state index in [9.17, 15) is 0 Å². The molecule has 3 rings (SSSR count). The topological polar surface area (TPSA) is 38.9 Å². The predicted octanol–water partition coefficient (Wildman–Crippen LogP) is 3.51. The molecule has 0 saturated carbocycles. The molecular weight excluding hydrogens is 212 g/mol. The van der Waals surface area contributed by atoms with Gasteiger partial charge in [0.1, 0.15) is 0 Å². The van der Waals surface area contributed by atoms with Crippen molar-refractivity contribution in [2.24, 2.45) is 0 Å². The highest BCUT2D eigenvalue weighted by atomic mass is 16.3. The lowest BCUT2D eigenvalue weighted by molar-refractivity contribution is 0.619. The summed E-state index contributed by atoms with van der Waals surface area (Å²) in [4.78, 5) is 8.54. The smallest absolute Gasteiger partial charge is 0.228 e. The molecule has 0 fully saturated rings. The average Bonchev–Trinajstić information content (AvgIpc) is 2.76. The summed E-state index contributed by atoms with van der Waals surface area (Å²) in [5, 5.41) is 0. The van der Waals surface area contributed by atoms with Gasteiger partial charge in [-0.05, 0) is 49.2 Å². The van der Waals surface area contributed by atoms with Gasteiger partial charge in [-0.2, -0.15) is 4.98 Å². The first-order valence-corrected chi connectivity index (χ1v) is 5.53. The van der Waals surface area contributed by atoms with Crippen molar-refractivity contribution in [1.29, 1.82) is 0 Å². The van der Waals surface area contributed by atoms with Crippen molar-refractivity contribution in [2.75, 3.05) is 0 Å². The maximum absolute atomic E-state index is 5.68. The molecule has 0 unspecified atom stereocenters. The van der Waals surface area contributed by atoms with Crippen LogP contribution in [-0.4, -0.2) is 9.97 Å². The van der Waals surface area contributed by atoms with E-state index in [0.717, 1.165) is 11.1 Å². The number of aromatic nitrogens is 2. The number of nitrogens with zero attached hydrogens (tertiary/aromatic N) is 2. The van der Waals surface area contributed by atoms with Crippen molar-refractivity contribution >= 4 is 11.2 Å². The Kier molecular flexibility index (Phi) is 2.18. The van der Waals surface area contributed by atoms with Crippen molar-refractivity contribution in [3.63, 3.8) is 0 Å². The maximum Gasteiger partial charge on any atom is 0.228 e. The molecule has 2 aromatic heterocycles. The molecule has 3 aromatic rings. The maximum atomic E-state index is 5.68. The van der Waals surface area contributed by atoms with Crippen LogP contribution in [0.5, 0.6) is 0 Å². The van der Waals surface area contributed by atoms with Gasteiger partial charge in [-0.3, -0.25) is 0 Å². The molecule has 0 N–H and O–H groups in total. The van der Waals surface area contributed by atoms with Gasteiger partial charge in [-0.1, -0.05) is 6.07 Å². The number of aryl methyl sites for hydroxylation is 2. The molecule has 17 heavy (non-hydrogen) atoms. The van der Waals surface area contributed by atoms with Crippen LogP contribution in [0.15, 0.2) is 40.9 Å². The normalized spacial score (nSPS) is 10.9. The number of fused-ring (bicyclic) bond motifs is 1. The van der Waals surface area contributed by atoms with Gasteiger partial charge in [0, 0.05) is 11.8 Å². The van der Waals surface area contributed by atoms with E-state index in [1.807, 2.05) is 18.2 Å². The van der Waals surface area contributed by atoms with Gasteiger partial charge >= 0.3 is 0 Å². The van der Waals surface area contributed by atoms with Gasteiger partial charge in [-0.25, -0.2) is 4.98 Å². The van der Waals surface area contributed by atoms with Crippen LogP contribution in [0.2, 0.25) is 0 Å². The third kappa shape index (κ3) is 1.69. The first kappa shape index (κ1) is 10.0. The molecule has 1 aromatic carbocycles. The Morgan fingerprint density at radius 1 is 1.06 bits per heavy atom. The summed E-state index contributed by atoms with van der Waals surface area (Å²) in [6.45, 7) is 4.17. The molecule has 2 heterocycles. The lowest BCUT2D eigenvalue weighted by atomic mass is 10.1. The van der Waals surface area contributed by atoms with E-state index >= 15 is 0 Å². The lowest BCUT2D eigenvalue weighted by Gasteiger charge is -2.00. The highest BCUT2D eigenvalue weighted by molar-refractivity contribution is 5.72. The Morgan fingerprint density at radius 3 is 2.71 bits per heavy atom. The fourth-order valence-corrected chi connectivity index (χ4v) is 1.77. The summed E-state index contributed by atoms with van der Waals surface area (Å²) in [7, 11) is 0. The molecule has 0 atom stereocenters. The standard InChI is InChI=1S/C14H12N2O/c1-9-5-6-11(8-10(9)2)14-16-13-12(17-14)4-3-7-15-13/h3-8H,1-2H3. The van der Waals surface area contributed by atoms with Crippen LogP contribution < -0.4 is 0 Å². The van der Waals surface area contributed by atoms with Crippen molar-refractivity contribution in [2.45, 2.75) is 13.8 Å². The summed E-state index contributed by atoms with van der Waals surface area (Å²) in [5.74, 6) is 0.627. The largest absolute Gasteiger partial charge is 0.434 e. The highest BCUT2D eigenvalue weighted by Gasteiger charge is 2.08. The van der Waals surface area contributed by atoms with Crippen LogP contribution in [0, 0.1) is 13.8 Å². The number of pyridine rings is 1. The summed E-state index contributed by atoms with van der Waals surface area (Å²) in [5.41, 5.74) is 4.87. The third-order valence-electron chi connectivity index (χ3n) is 2.92. The summed E-state index contributed by atoms with van der Waals surface area (Å²) in [6.07, 6.45) is 1.72. The van der Waals surface area contributed by atoms with E-state index in [1.165, 1.54) is 11.1 Å². The van der Waals surface area contributed by atoms with Gasteiger partial charge < -0.3 is 4.42 Å². The Bertz CT molecular complexity index is 653. The molecule has 0 spiro atoms. The zero-order chi connectivity index (χ0) is 11.8. The second-order valence-electron chi connectivity index (χ2n) is 4.14. The van der Waals surface area contributed by atoms with Crippen molar-refractivity contribution < 1.29 is 4.42 Å². The SMILES string of the molecule is Cc1ccc(-c2nc3ncccc3o2)cc1C. The molecule has 0 radical (unpaired) electrons. The zero-order valence-electron chi connectivity index (χ0n) is 9.77. The Labute approximate surface area is 99.1 Å². The molecular formula is C14H12N2O. The van der Waals surface area contributed by atoms with Crippen LogP contribution in [0.1, 0.15) is 11.1 Å². The molecule has 0 aliphatic carbocycles. The van der Waals surface area contributed by atoms with Crippen LogP contribution in [0.25, 0.3) is 22.7 Å². The fraction of sp³-hybridized carbons (Fsp3) is 0.143. The lowest BCUT2D eigenvalue weighted by Crippen LogP contribution is -1.83. The van der Waals surface area contributed by atoms with Crippen molar-refractivity contribution in [1.82, 2.24) is 9.97 Å². The summed E-state index contributed by atoms with van der Waals surface area (Å²) >= 11 is 0. The quantitative estimate of drug-likeness (QED) is 0.635. The van der Waals surface area contributed by atoms with Gasteiger partial charge in [0.2, 0.25) is 5.89 Å². The highest BCUT2D eigenvalue weighted by Crippen LogP contribution is 2.24. The Hall–Kier alpha value is -2.16. The fourth-order valence-electron chi connectivity index (χ4n) is 1.77. The summed E-state index contributed by atoms with van der Waals surface area (Å²) in [6, 6.07) is 9.90. The molecule has 84 valence electrons. The molecule has 0 saturated heterocycles. The monoisotopic (exact) mass is 224 g/mol. The molecule has 3 nitrogen and oxygen atoms in total. The molecule has 0 amide bonds. The molecule has 0 aliphatic rings. The molecule has 0 bridgehead atoms. The van der Waals surface area contributed by atoms with Gasteiger partial charge in [0.25, 0.3) is 0 Å². The minimum Gasteiger partial charge on any atom is -0.434 e.